The minimum absolute atomic E-state index is 0.324. The van der Waals surface area contributed by atoms with Gasteiger partial charge in [-0.1, -0.05) is 12.1 Å². The quantitative estimate of drug-likeness (QED) is 0.557. The summed E-state index contributed by atoms with van der Waals surface area (Å²) in [5.41, 5.74) is -0.272. The summed E-state index contributed by atoms with van der Waals surface area (Å²) < 4.78 is 44.6. The van der Waals surface area contributed by atoms with Gasteiger partial charge >= 0.3 is 12.3 Å². The van der Waals surface area contributed by atoms with E-state index in [9.17, 15) is 18.0 Å². The van der Waals surface area contributed by atoms with Gasteiger partial charge in [0.1, 0.15) is 16.9 Å². The van der Waals surface area contributed by atoms with Crippen molar-refractivity contribution in [2.75, 3.05) is 18.0 Å². The number of hydrogen-bond acceptors (Lipinski definition) is 6. The molecule has 1 aromatic carbocycles. The number of halogens is 3. The molecule has 1 saturated heterocycles. The van der Waals surface area contributed by atoms with Gasteiger partial charge in [0.2, 0.25) is 5.65 Å². The Hall–Kier alpha value is -3.37. The van der Waals surface area contributed by atoms with Crippen LogP contribution in [-0.2, 0) is 10.9 Å². The molecule has 8 nitrogen and oxygen atoms in total. The summed E-state index contributed by atoms with van der Waals surface area (Å²) in [5, 5.41) is 9.90. The molecule has 1 aliphatic heterocycles. The lowest BCUT2D eigenvalue weighted by Gasteiger charge is -2.40. The Morgan fingerprint density at radius 1 is 1.21 bits per heavy atom. The molecular formula is C23H27F3N6O2. The standard InChI is InChI=1S/C23H27F3N6O2/c1-21(2,3)34-20(33)29-22(4)8-10-32(11-9-22)16-13-27-18-17(30-31-19(18)28-16)14-6-5-7-15(12-14)23(24,25)26/h5-7,12-13H,8-11H2,1-4H3,(H,29,33)(H,28,30,31). The SMILES string of the molecule is CC1(NC(=O)OC(C)(C)C)CCN(c2cnc3c(-c4cccc(C(F)(F)F)c4)[nH]nc3n2)CC1. The highest BCUT2D eigenvalue weighted by atomic mass is 19.4. The molecule has 0 aliphatic carbocycles. The first-order valence-electron chi connectivity index (χ1n) is 11.0. The molecule has 0 unspecified atom stereocenters. The van der Waals surface area contributed by atoms with Crippen LogP contribution in [0.4, 0.5) is 23.8 Å². The normalized spacial score (nSPS) is 16.5. The Bertz CT molecular complexity index is 1190. The fourth-order valence-electron chi connectivity index (χ4n) is 3.90. The van der Waals surface area contributed by atoms with Crippen molar-refractivity contribution in [3.8, 4) is 11.3 Å². The van der Waals surface area contributed by atoms with Gasteiger partial charge in [-0.2, -0.15) is 18.3 Å². The third-order valence-corrected chi connectivity index (χ3v) is 5.72. The van der Waals surface area contributed by atoms with Gasteiger partial charge in [-0.3, -0.25) is 5.10 Å². The molecule has 0 atom stereocenters. The summed E-state index contributed by atoms with van der Waals surface area (Å²) in [5.74, 6) is 0.619. The first-order chi connectivity index (χ1) is 15.8. The highest BCUT2D eigenvalue weighted by Crippen LogP contribution is 2.33. The number of nitrogens with zero attached hydrogens (tertiary/aromatic N) is 4. The maximum atomic E-state index is 13.1. The average Bonchev–Trinajstić information content (AvgIpc) is 3.15. The van der Waals surface area contributed by atoms with Crippen molar-refractivity contribution >= 4 is 23.1 Å². The molecule has 1 amide bonds. The number of hydrogen-bond donors (Lipinski definition) is 2. The Morgan fingerprint density at radius 2 is 1.91 bits per heavy atom. The summed E-state index contributed by atoms with van der Waals surface area (Å²) >= 11 is 0. The summed E-state index contributed by atoms with van der Waals surface area (Å²) in [6, 6.07) is 5.00. The fraction of sp³-hybridized carbons (Fsp3) is 0.478. The number of amides is 1. The van der Waals surface area contributed by atoms with Crippen LogP contribution in [0.5, 0.6) is 0 Å². The lowest BCUT2D eigenvalue weighted by Crippen LogP contribution is -2.54. The van der Waals surface area contributed by atoms with Crippen molar-refractivity contribution in [2.24, 2.45) is 0 Å². The van der Waals surface area contributed by atoms with E-state index in [4.69, 9.17) is 4.74 Å². The molecule has 4 rings (SSSR count). The summed E-state index contributed by atoms with van der Waals surface area (Å²) in [6.45, 7) is 8.71. The van der Waals surface area contributed by atoms with E-state index in [1.807, 2.05) is 32.6 Å². The maximum absolute atomic E-state index is 13.1. The predicted octanol–water partition coefficient (Wildman–Crippen LogP) is 4.92. The van der Waals surface area contributed by atoms with Crippen LogP contribution in [0.3, 0.4) is 0 Å². The van der Waals surface area contributed by atoms with Crippen molar-refractivity contribution < 1.29 is 22.7 Å². The smallest absolute Gasteiger partial charge is 0.416 e. The van der Waals surface area contributed by atoms with Crippen molar-refractivity contribution in [3.05, 3.63) is 36.0 Å². The number of alkyl carbamates (subject to hydrolysis) is 1. The molecule has 2 aromatic heterocycles. The highest BCUT2D eigenvalue weighted by molar-refractivity contribution is 5.88. The zero-order chi connectivity index (χ0) is 24.7. The van der Waals surface area contributed by atoms with E-state index in [1.54, 1.807) is 12.3 Å². The third kappa shape index (κ3) is 5.23. The minimum atomic E-state index is -4.44. The van der Waals surface area contributed by atoms with E-state index in [1.165, 1.54) is 6.07 Å². The van der Waals surface area contributed by atoms with E-state index in [0.717, 1.165) is 12.1 Å². The van der Waals surface area contributed by atoms with Crippen molar-refractivity contribution in [1.29, 1.82) is 0 Å². The first kappa shape index (κ1) is 23.8. The molecule has 3 heterocycles. The second kappa shape index (κ2) is 8.44. The van der Waals surface area contributed by atoms with Crippen LogP contribution in [0, 0.1) is 0 Å². The van der Waals surface area contributed by atoms with Crippen LogP contribution in [-0.4, -0.2) is 50.5 Å². The van der Waals surface area contributed by atoms with Gasteiger partial charge in [0.05, 0.1) is 17.5 Å². The Labute approximate surface area is 194 Å². The number of carbonyl (C=O) groups excluding carboxylic acids is 1. The van der Waals surface area contributed by atoms with Crippen LogP contribution >= 0.6 is 0 Å². The molecule has 0 saturated carbocycles. The number of rotatable bonds is 3. The Morgan fingerprint density at radius 3 is 2.56 bits per heavy atom. The summed E-state index contributed by atoms with van der Waals surface area (Å²) in [6.07, 6.45) is -1.92. The molecule has 0 spiro atoms. The van der Waals surface area contributed by atoms with E-state index < -0.39 is 29.0 Å². The number of benzene rings is 1. The lowest BCUT2D eigenvalue weighted by atomic mass is 9.90. The third-order valence-electron chi connectivity index (χ3n) is 5.72. The molecule has 11 heteroatoms. The van der Waals surface area contributed by atoms with Crippen LogP contribution in [0.25, 0.3) is 22.4 Å². The number of H-pyrrole nitrogens is 1. The van der Waals surface area contributed by atoms with Gasteiger partial charge in [0.25, 0.3) is 0 Å². The number of ether oxygens (including phenoxy) is 1. The van der Waals surface area contributed by atoms with Crippen LogP contribution in [0.2, 0.25) is 0 Å². The van der Waals surface area contributed by atoms with E-state index >= 15 is 0 Å². The van der Waals surface area contributed by atoms with Gasteiger partial charge in [-0.15, -0.1) is 0 Å². The second-order valence-corrected chi connectivity index (χ2v) is 9.75. The van der Waals surface area contributed by atoms with Gasteiger partial charge in [-0.25, -0.2) is 14.8 Å². The molecule has 1 aliphatic rings. The predicted molar refractivity (Wildman–Crippen MR) is 121 cm³/mol. The van der Waals surface area contributed by atoms with E-state index in [0.29, 0.717) is 54.2 Å². The first-order valence-corrected chi connectivity index (χ1v) is 11.0. The van der Waals surface area contributed by atoms with Crippen molar-refractivity contribution in [3.63, 3.8) is 0 Å². The van der Waals surface area contributed by atoms with Gasteiger partial charge in [0.15, 0.2) is 0 Å². The Kier molecular flexibility index (Phi) is 5.91. The zero-order valence-electron chi connectivity index (χ0n) is 19.5. The molecule has 34 heavy (non-hydrogen) atoms. The van der Waals surface area contributed by atoms with E-state index in [2.05, 4.69) is 25.5 Å². The van der Waals surface area contributed by atoms with Crippen LogP contribution in [0.15, 0.2) is 30.5 Å². The van der Waals surface area contributed by atoms with Crippen molar-refractivity contribution in [1.82, 2.24) is 25.5 Å². The molecular weight excluding hydrogens is 449 g/mol. The lowest BCUT2D eigenvalue weighted by molar-refractivity contribution is -0.137. The van der Waals surface area contributed by atoms with Crippen molar-refractivity contribution in [2.45, 2.75) is 57.9 Å². The molecule has 3 aromatic rings. The van der Waals surface area contributed by atoms with Crippen LogP contribution in [0.1, 0.15) is 46.1 Å². The molecule has 0 bridgehead atoms. The Balaban J connectivity index is 1.48. The zero-order valence-corrected chi connectivity index (χ0v) is 19.5. The fourth-order valence-corrected chi connectivity index (χ4v) is 3.90. The second-order valence-electron chi connectivity index (χ2n) is 9.75. The molecule has 0 radical (unpaired) electrons. The molecule has 1 fully saturated rings. The number of aromatic amines is 1. The van der Waals surface area contributed by atoms with Gasteiger partial charge in [-0.05, 0) is 52.7 Å². The monoisotopic (exact) mass is 476 g/mol. The number of carbonyl (C=O) groups is 1. The molecule has 182 valence electrons. The largest absolute Gasteiger partial charge is 0.444 e. The van der Waals surface area contributed by atoms with Gasteiger partial charge in [0, 0.05) is 24.2 Å². The number of nitrogens with one attached hydrogen (secondary N) is 2. The van der Waals surface area contributed by atoms with Crippen LogP contribution < -0.4 is 10.2 Å². The number of alkyl halides is 3. The maximum Gasteiger partial charge on any atom is 0.416 e. The summed E-state index contributed by atoms with van der Waals surface area (Å²) in [7, 11) is 0. The number of aromatic nitrogens is 4. The minimum Gasteiger partial charge on any atom is -0.444 e. The van der Waals surface area contributed by atoms with Gasteiger partial charge < -0.3 is 15.0 Å². The summed E-state index contributed by atoms with van der Waals surface area (Å²) in [4.78, 5) is 23.2. The average molecular weight is 477 g/mol. The number of anilines is 1. The number of piperidine rings is 1. The molecule has 2 N–H and O–H groups in total. The number of fused-ring (bicyclic) bond motifs is 1. The van der Waals surface area contributed by atoms with E-state index in [-0.39, 0.29) is 0 Å². The highest BCUT2D eigenvalue weighted by Gasteiger charge is 2.34. The topological polar surface area (TPSA) is 96.0 Å².